The van der Waals surface area contributed by atoms with E-state index >= 15 is 0 Å². The standard InChI is InChI=1S/C19H28N4O5S2/c1-5-28-18-8-7-17(13-14(18)2)29(24,25)22-9-6-10-23(12-11-22)30(26,27)19-15(3)20-21-16(19)4/h7-8,13H,5-6,9-12H2,1-4H3,(H,20,21). The maximum absolute atomic E-state index is 13.2. The van der Waals surface area contributed by atoms with E-state index in [1.54, 1.807) is 32.9 Å². The van der Waals surface area contributed by atoms with Crippen molar-refractivity contribution in [2.24, 2.45) is 0 Å². The number of benzene rings is 1. The fourth-order valence-electron chi connectivity index (χ4n) is 3.65. The first-order chi connectivity index (χ1) is 14.1. The number of nitrogens with one attached hydrogen (secondary N) is 1. The van der Waals surface area contributed by atoms with Gasteiger partial charge in [0.15, 0.2) is 0 Å². The summed E-state index contributed by atoms with van der Waals surface area (Å²) in [4.78, 5) is 0.349. The van der Waals surface area contributed by atoms with Crippen molar-refractivity contribution in [3.63, 3.8) is 0 Å². The Morgan fingerprint density at radius 2 is 1.63 bits per heavy atom. The van der Waals surface area contributed by atoms with Crippen LogP contribution in [0.3, 0.4) is 0 Å². The van der Waals surface area contributed by atoms with Crippen LogP contribution in [0.1, 0.15) is 30.3 Å². The van der Waals surface area contributed by atoms with Crippen molar-refractivity contribution < 1.29 is 21.6 Å². The van der Waals surface area contributed by atoms with Crippen LogP contribution in [0.15, 0.2) is 28.0 Å². The van der Waals surface area contributed by atoms with Gasteiger partial charge in [0.1, 0.15) is 10.6 Å². The fraction of sp³-hybridized carbons (Fsp3) is 0.526. The van der Waals surface area contributed by atoms with Gasteiger partial charge in [0, 0.05) is 26.2 Å². The van der Waals surface area contributed by atoms with Gasteiger partial charge in [0.05, 0.1) is 22.9 Å². The maximum Gasteiger partial charge on any atom is 0.246 e. The summed E-state index contributed by atoms with van der Waals surface area (Å²) in [5, 5.41) is 6.67. The maximum atomic E-state index is 13.2. The van der Waals surface area contributed by atoms with Crippen molar-refractivity contribution in [3.8, 4) is 5.75 Å². The summed E-state index contributed by atoms with van der Waals surface area (Å²) in [6.45, 7) is 8.15. The van der Waals surface area contributed by atoms with Crippen LogP contribution in [0.25, 0.3) is 0 Å². The molecule has 1 N–H and O–H groups in total. The van der Waals surface area contributed by atoms with Crippen LogP contribution >= 0.6 is 0 Å². The fourth-order valence-corrected chi connectivity index (χ4v) is 7.01. The highest BCUT2D eigenvalue weighted by Gasteiger charge is 2.34. The van der Waals surface area contributed by atoms with Gasteiger partial charge in [-0.15, -0.1) is 0 Å². The minimum absolute atomic E-state index is 0.0850. The number of aromatic nitrogens is 2. The molecule has 2 heterocycles. The van der Waals surface area contributed by atoms with E-state index in [2.05, 4.69) is 10.2 Å². The molecule has 166 valence electrons. The topological polar surface area (TPSA) is 113 Å². The van der Waals surface area contributed by atoms with Gasteiger partial charge in [-0.05, 0) is 57.9 Å². The van der Waals surface area contributed by atoms with Gasteiger partial charge in [-0.1, -0.05) is 0 Å². The lowest BCUT2D eigenvalue weighted by molar-refractivity contribution is 0.337. The molecular formula is C19H28N4O5S2. The van der Waals surface area contributed by atoms with Gasteiger partial charge in [0.25, 0.3) is 0 Å². The van der Waals surface area contributed by atoms with E-state index in [-0.39, 0.29) is 36.0 Å². The zero-order valence-corrected chi connectivity index (χ0v) is 19.3. The summed E-state index contributed by atoms with van der Waals surface area (Å²) in [7, 11) is -7.49. The Bertz CT molecular complexity index is 1110. The number of aryl methyl sites for hydroxylation is 3. The smallest absolute Gasteiger partial charge is 0.246 e. The van der Waals surface area contributed by atoms with Gasteiger partial charge in [-0.3, -0.25) is 5.10 Å². The second-order valence-corrected chi connectivity index (χ2v) is 11.1. The van der Waals surface area contributed by atoms with Crippen molar-refractivity contribution in [2.75, 3.05) is 32.8 Å². The number of hydrogen-bond donors (Lipinski definition) is 1. The van der Waals surface area contributed by atoms with Crippen molar-refractivity contribution in [3.05, 3.63) is 35.2 Å². The third-order valence-electron chi connectivity index (χ3n) is 5.16. The lowest BCUT2D eigenvalue weighted by atomic mass is 10.2. The molecule has 1 aromatic heterocycles. The molecule has 0 radical (unpaired) electrons. The van der Waals surface area contributed by atoms with Crippen LogP contribution in [0.5, 0.6) is 5.75 Å². The second-order valence-electron chi connectivity index (χ2n) is 7.29. The number of ether oxygens (including phenoxy) is 1. The third-order valence-corrected chi connectivity index (χ3v) is 9.21. The van der Waals surface area contributed by atoms with Gasteiger partial charge < -0.3 is 4.74 Å². The van der Waals surface area contributed by atoms with Crippen molar-refractivity contribution >= 4 is 20.0 Å². The van der Waals surface area contributed by atoms with E-state index < -0.39 is 20.0 Å². The molecule has 0 atom stereocenters. The highest BCUT2D eigenvalue weighted by atomic mass is 32.2. The summed E-state index contributed by atoms with van der Waals surface area (Å²) in [6.07, 6.45) is 0.407. The van der Waals surface area contributed by atoms with E-state index in [1.165, 1.54) is 14.7 Å². The van der Waals surface area contributed by atoms with E-state index in [4.69, 9.17) is 4.74 Å². The van der Waals surface area contributed by atoms with Crippen molar-refractivity contribution in [2.45, 2.75) is 43.9 Å². The summed E-state index contributed by atoms with van der Waals surface area (Å²) in [6, 6.07) is 4.79. The van der Waals surface area contributed by atoms with Crippen LogP contribution in [0.2, 0.25) is 0 Å². The normalized spacial score (nSPS) is 17.1. The number of hydrogen-bond acceptors (Lipinski definition) is 6. The second kappa shape index (κ2) is 8.66. The zero-order valence-electron chi connectivity index (χ0n) is 17.7. The molecule has 1 aliphatic heterocycles. The minimum atomic E-state index is -3.75. The zero-order chi connectivity index (χ0) is 22.1. The quantitative estimate of drug-likeness (QED) is 0.709. The molecule has 0 amide bonds. The van der Waals surface area contributed by atoms with E-state index in [1.807, 2.05) is 6.92 Å². The van der Waals surface area contributed by atoms with Crippen LogP contribution in [0, 0.1) is 20.8 Å². The molecule has 1 aliphatic rings. The number of nitrogens with zero attached hydrogens (tertiary/aromatic N) is 3. The van der Waals surface area contributed by atoms with Gasteiger partial charge >= 0.3 is 0 Å². The molecule has 0 unspecified atom stereocenters. The highest BCUT2D eigenvalue weighted by molar-refractivity contribution is 7.89. The van der Waals surface area contributed by atoms with Gasteiger partial charge in [-0.25, -0.2) is 16.8 Å². The Morgan fingerprint density at radius 3 is 2.17 bits per heavy atom. The number of rotatable bonds is 6. The number of aromatic amines is 1. The predicted molar refractivity (Wildman–Crippen MR) is 113 cm³/mol. The predicted octanol–water partition coefficient (Wildman–Crippen LogP) is 1.82. The first-order valence-electron chi connectivity index (χ1n) is 9.84. The van der Waals surface area contributed by atoms with Crippen LogP contribution < -0.4 is 4.74 Å². The molecule has 30 heavy (non-hydrogen) atoms. The Morgan fingerprint density at radius 1 is 1.00 bits per heavy atom. The molecule has 0 aliphatic carbocycles. The van der Waals surface area contributed by atoms with E-state index in [0.717, 1.165) is 5.56 Å². The highest BCUT2D eigenvalue weighted by Crippen LogP contribution is 2.27. The molecule has 11 heteroatoms. The summed E-state index contributed by atoms with van der Waals surface area (Å²) >= 11 is 0. The first-order valence-corrected chi connectivity index (χ1v) is 12.7. The molecule has 1 fully saturated rings. The van der Waals surface area contributed by atoms with Gasteiger partial charge in [-0.2, -0.15) is 13.7 Å². The third kappa shape index (κ3) is 4.25. The molecular weight excluding hydrogens is 428 g/mol. The first kappa shape index (κ1) is 22.7. The molecule has 0 spiro atoms. The van der Waals surface area contributed by atoms with Crippen molar-refractivity contribution in [1.82, 2.24) is 18.8 Å². The average Bonchev–Trinajstić information content (AvgIpc) is 2.88. The summed E-state index contributed by atoms with van der Waals surface area (Å²) < 4.78 is 60.7. The Hall–Kier alpha value is -1.95. The Labute approximate surface area is 178 Å². The summed E-state index contributed by atoms with van der Waals surface area (Å²) in [5.41, 5.74) is 1.63. The van der Waals surface area contributed by atoms with E-state index in [0.29, 0.717) is 30.2 Å². The number of sulfonamides is 2. The largest absolute Gasteiger partial charge is 0.494 e. The SMILES string of the molecule is CCOc1ccc(S(=O)(=O)N2CCCN(S(=O)(=O)c3c(C)n[nH]c3C)CC2)cc1C. The minimum Gasteiger partial charge on any atom is -0.494 e. The van der Waals surface area contributed by atoms with Crippen molar-refractivity contribution in [1.29, 1.82) is 0 Å². The molecule has 0 bridgehead atoms. The molecule has 1 saturated heterocycles. The Kier molecular flexibility index (Phi) is 6.56. The van der Waals surface area contributed by atoms with Crippen LogP contribution in [-0.4, -0.2) is 68.4 Å². The lowest BCUT2D eigenvalue weighted by Crippen LogP contribution is -2.37. The monoisotopic (exact) mass is 456 g/mol. The molecule has 2 aromatic rings. The van der Waals surface area contributed by atoms with Crippen LogP contribution in [0.4, 0.5) is 0 Å². The lowest BCUT2D eigenvalue weighted by Gasteiger charge is -2.22. The van der Waals surface area contributed by atoms with E-state index in [9.17, 15) is 16.8 Å². The molecule has 1 aromatic carbocycles. The summed E-state index contributed by atoms with van der Waals surface area (Å²) in [5.74, 6) is 0.649. The Balaban J connectivity index is 1.82. The van der Waals surface area contributed by atoms with Crippen LogP contribution in [-0.2, 0) is 20.0 Å². The molecule has 9 nitrogen and oxygen atoms in total. The van der Waals surface area contributed by atoms with Gasteiger partial charge in [0.2, 0.25) is 20.0 Å². The average molecular weight is 457 g/mol. The molecule has 3 rings (SSSR count). The number of H-pyrrole nitrogens is 1. The molecule has 0 saturated carbocycles.